The molecular weight excluding hydrogens is 440 g/mol. The molecule has 158 valence electrons. The van der Waals surface area contributed by atoms with Crippen LogP contribution < -0.4 is 15.6 Å². The summed E-state index contributed by atoms with van der Waals surface area (Å²) in [4.78, 5) is 15.0. The van der Waals surface area contributed by atoms with E-state index in [2.05, 4.69) is 10.2 Å². The summed E-state index contributed by atoms with van der Waals surface area (Å²) in [6, 6.07) is 8.59. The number of benzene rings is 2. The second kappa shape index (κ2) is 9.74. The monoisotopic (exact) mass is 455 g/mol. The minimum Gasteiger partial charge on any atom is -0.482 e. The molecule has 3 aromatic rings. The van der Waals surface area contributed by atoms with Crippen LogP contribution in [-0.2, 0) is 17.9 Å². The Bertz CT molecular complexity index is 1040. The second-order valence-electron chi connectivity index (χ2n) is 6.03. The molecule has 0 saturated heterocycles. The first-order chi connectivity index (χ1) is 14.4. The van der Waals surface area contributed by atoms with Crippen molar-refractivity contribution in [2.45, 2.75) is 18.0 Å². The Kier molecular flexibility index (Phi) is 7.08. The molecule has 8 nitrogen and oxygen atoms in total. The summed E-state index contributed by atoms with van der Waals surface area (Å²) >= 11 is 6.86. The molecule has 2 aromatic carbocycles. The standard InChI is InChI=1S/C18H16ClF2N5O3S/c19-17-13(21)5-11(20)6-14(17)28-9-16(27)26(8-15-24-25-18(22)29-15)7-10-1-3-12(30-23)4-2-10/h1-6H,7-9,23H2,(H2,22,25). The molecule has 1 heterocycles. The number of rotatable bonds is 8. The van der Waals surface area contributed by atoms with E-state index in [9.17, 15) is 13.6 Å². The van der Waals surface area contributed by atoms with Gasteiger partial charge in [-0.2, -0.15) is 0 Å². The smallest absolute Gasteiger partial charge is 0.312 e. The van der Waals surface area contributed by atoms with Crippen LogP contribution >= 0.6 is 23.5 Å². The van der Waals surface area contributed by atoms with E-state index in [1.165, 1.54) is 4.90 Å². The van der Waals surface area contributed by atoms with Crippen LogP contribution in [-0.4, -0.2) is 27.6 Å². The number of aromatic nitrogens is 2. The van der Waals surface area contributed by atoms with E-state index in [0.29, 0.717) is 6.07 Å². The Morgan fingerprint density at radius 1 is 1.20 bits per heavy atom. The summed E-state index contributed by atoms with van der Waals surface area (Å²) in [5.41, 5.74) is 6.22. The van der Waals surface area contributed by atoms with Crippen molar-refractivity contribution in [1.29, 1.82) is 0 Å². The number of carbonyl (C=O) groups excluding carboxylic acids is 1. The third kappa shape index (κ3) is 5.59. The van der Waals surface area contributed by atoms with Crippen molar-refractivity contribution >= 4 is 35.5 Å². The molecule has 1 amide bonds. The number of ether oxygens (including phenoxy) is 1. The lowest BCUT2D eigenvalue weighted by molar-refractivity contribution is -0.135. The maximum absolute atomic E-state index is 13.6. The van der Waals surface area contributed by atoms with E-state index in [-0.39, 0.29) is 30.7 Å². The fraction of sp³-hybridized carbons (Fsp3) is 0.167. The predicted octanol–water partition coefficient (Wildman–Crippen LogP) is 3.16. The van der Waals surface area contributed by atoms with Gasteiger partial charge < -0.3 is 19.8 Å². The van der Waals surface area contributed by atoms with E-state index < -0.39 is 29.2 Å². The molecule has 0 saturated carbocycles. The summed E-state index contributed by atoms with van der Waals surface area (Å²) in [5.74, 6) is -2.55. The summed E-state index contributed by atoms with van der Waals surface area (Å²) in [6.45, 7) is -0.404. The maximum Gasteiger partial charge on any atom is 0.312 e. The highest BCUT2D eigenvalue weighted by atomic mass is 35.5. The first-order valence-corrected chi connectivity index (χ1v) is 9.70. The SMILES string of the molecule is NSc1ccc(CN(Cc2nnc(N)o2)C(=O)COc2cc(F)cc(F)c2Cl)cc1. The number of carbonyl (C=O) groups is 1. The highest BCUT2D eigenvalue weighted by Gasteiger charge is 2.20. The number of nitrogens with zero attached hydrogens (tertiary/aromatic N) is 3. The lowest BCUT2D eigenvalue weighted by atomic mass is 10.2. The molecule has 3 rings (SSSR count). The van der Waals surface area contributed by atoms with Crippen LogP contribution in [0.15, 0.2) is 45.7 Å². The van der Waals surface area contributed by atoms with Crippen LogP contribution in [0.25, 0.3) is 0 Å². The molecular formula is C18H16ClF2N5O3S. The zero-order valence-corrected chi connectivity index (χ0v) is 16.9. The first-order valence-electron chi connectivity index (χ1n) is 8.44. The third-order valence-electron chi connectivity index (χ3n) is 3.90. The highest BCUT2D eigenvalue weighted by Crippen LogP contribution is 2.28. The zero-order chi connectivity index (χ0) is 21.7. The van der Waals surface area contributed by atoms with Crippen LogP contribution in [0.1, 0.15) is 11.5 Å². The fourth-order valence-electron chi connectivity index (χ4n) is 2.49. The molecule has 0 unspecified atom stereocenters. The van der Waals surface area contributed by atoms with Crippen molar-refractivity contribution in [3.8, 4) is 5.75 Å². The molecule has 0 radical (unpaired) electrons. The van der Waals surface area contributed by atoms with Gasteiger partial charge in [0.05, 0.1) is 6.54 Å². The number of nitrogens with two attached hydrogens (primary N) is 2. The summed E-state index contributed by atoms with van der Waals surface area (Å²) in [5, 5.41) is 12.4. The van der Waals surface area contributed by atoms with Crippen LogP contribution in [0.4, 0.5) is 14.8 Å². The molecule has 0 aliphatic carbocycles. The van der Waals surface area contributed by atoms with Crippen LogP contribution in [0.5, 0.6) is 5.75 Å². The number of hydrogen-bond acceptors (Lipinski definition) is 8. The highest BCUT2D eigenvalue weighted by molar-refractivity contribution is 7.97. The number of halogens is 3. The predicted molar refractivity (Wildman–Crippen MR) is 106 cm³/mol. The quantitative estimate of drug-likeness (QED) is 0.392. The van der Waals surface area contributed by atoms with Gasteiger partial charge >= 0.3 is 6.01 Å². The molecule has 0 spiro atoms. The normalized spacial score (nSPS) is 10.8. The topological polar surface area (TPSA) is 121 Å². The third-order valence-corrected chi connectivity index (χ3v) is 4.82. The molecule has 30 heavy (non-hydrogen) atoms. The molecule has 1 aromatic heterocycles. The minimum absolute atomic E-state index is 0.0506. The lowest BCUT2D eigenvalue weighted by Crippen LogP contribution is -2.34. The Hall–Kier alpha value is -2.89. The summed E-state index contributed by atoms with van der Waals surface area (Å²) < 4.78 is 37.3. The van der Waals surface area contributed by atoms with Gasteiger partial charge in [-0.25, -0.2) is 8.78 Å². The minimum atomic E-state index is -0.991. The Morgan fingerprint density at radius 2 is 1.93 bits per heavy atom. The van der Waals surface area contributed by atoms with Gasteiger partial charge in [0.25, 0.3) is 5.91 Å². The number of anilines is 1. The van der Waals surface area contributed by atoms with Gasteiger partial charge in [-0.05, 0) is 29.6 Å². The largest absolute Gasteiger partial charge is 0.482 e. The molecule has 4 N–H and O–H groups in total. The molecule has 0 aliphatic heterocycles. The van der Waals surface area contributed by atoms with Gasteiger partial charge in [-0.1, -0.05) is 28.8 Å². The van der Waals surface area contributed by atoms with Crippen molar-refractivity contribution in [2.24, 2.45) is 5.14 Å². The Labute approximate surface area is 179 Å². The zero-order valence-electron chi connectivity index (χ0n) is 15.3. The summed E-state index contributed by atoms with van der Waals surface area (Å²) in [6.07, 6.45) is 0. The fourth-order valence-corrected chi connectivity index (χ4v) is 2.94. The average molecular weight is 456 g/mol. The van der Waals surface area contributed by atoms with Crippen LogP contribution in [0.3, 0.4) is 0 Å². The number of amides is 1. The van der Waals surface area contributed by atoms with Gasteiger partial charge in [-0.15, -0.1) is 5.10 Å². The van der Waals surface area contributed by atoms with Gasteiger partial charge in [0.1, 0.15) is 22.4 Å². The van der Waals surface area contributed by atoms with Gasteiger partial charge in [0, 0.05) is 23.6 Å². The molecule has 0 aliphatic rings. The van der Waals surface area contributed by atoms with E-state index in [0.717, 1.165) is 28.5 Å². The molecule has 12 heteroatoms. The van der Waals surface area contributed by atoms with Crippen molar-refractivity contribution in [3.63, 3.8) is 0 Å². The molecule has 0 atom stereocenters. The second-order valence-corrected chi connectivity index (χ2v) is 7.12. The van der Waals surface area contributed by atoms with Gasteiger partial charge in [0.15, 0.2) is 6.61 Å². The van der Waals surface area contributed by atoms with E-state index >= 15 is 0 Å². The van der Waals surface area contributed by atoms with E-state index in [4.69, 9.17) is 31.6 Å². The van der Waals surface area contributed by atoms with Crippen molar-refractivity contribution in [3.05, 3.63) is 64.5 Å². The van der Waals surface area contributed by atoms with E-state index in [1.807, 2.05) is 0 Å². The first kappa shape index (κ1) is 21.8. The average Bonchev–Trinajstić information content (AvgIpc) is 3.14. The Morgan fingerprint density at radius 3 is 2.57 bits per heavy atom. The number of nitrogen functional groups attached to an aromatic ring is 1. The van der Waals surface area contributed by atoms with Crippen LogP contribution in [0.2, 0.25) is 5.02 Å². The lowest BCUT2D eigenvalue weighted by Gasteiger charge is -2.21. The van der Waals surface area contributed by atoms with Crippen molar-refractivity contribution in [2.75, 3.05) is 12.3 Å². The molecule has 0 fully saturated rings. The van der Waals surface area contributed by atoms with E-state index in [1.54, 1.807) is 24.3 Å². The van der Waals surface area contributed by atoms with Gasteiger partial charge in [-0.3, -0.25) is 9.93 Å². The molecule has 0 bridgehead atoms. The van der Waals surface area contributed by atoms with Crippen molar-refractivity contribution in [1.82, 2.24) is 15.1 Å². The van der Waals surface area contributed by atoms with Gasteiger partial charge in [0.2, 0.25) is 5.89 Å². The summed E-state index contributed by atoms with van der Waals surface area (Å²) in [7, 11) is 0. The Balaban J connectivity index is 1.75. The van der Waals surface area contributed by atoms with Crippen molar-refractivity contribution < 1.29 is 22.7 Å². The van der Waals surface area contributed by atoms with Crippen LogP contribution in [0, 0.1) is 11.6 Å². The maximum atomic E-state index is 13.6. The number of hydrogen-bond donors (Lipinski definition) is 2.